The number of hydrogen-bond acceptors (Lipinski definition) is 5. The molecule has 0 fully saturated rings. The number of carbonyl (C=O) groups excluding carboxylic acids is 1. The van der Waals surface area contributed by atoms with Crippen molar-refractivity contribution in [2.24, 2.45) is 0 Å². The van der Waals surface area contributed by atoms with Gasteiger partial charge in [0.15, 0.2) is 10.9 Å². The molecule has 0 atom stereocenters. The third-order valence-electron chi connectivity index (χ3n) is 3.48. The average molecular weight is 386 g/mol. The molecule has 2 amide bonds. The first-order valence-electron chi connectivity index (χ1n) is 7.60. The number of nitriles is 1. The normalized spacial score (nSPS) is 10.1. The van der Waals surface area contributed by atoms with Gasteiger partial charge in [0, 0.05) is 13.1 Å². The minimum atomic E-state index is -0.785. The molecule has 9 heteroatoms. The van der Waals surface area contributed by atoms with Gasteiger partial charge in [0.1, 0.15) is 17.6 Å². The molecule has 3 rings (SSSR count). The Morgan fingerprint density at radius 3 is 2.81 bits per heavy atom. The Bertz CT molecular complexity index is 1030. The molecular weight excluding hydrogens is 374 g/mol. The van der Waals surface area contributed by atoms with Gasteiger partial charge in [0.05, 0.1) is 17.4 Å². The van der Waals surface area contributed by atoms with E-state index in [0.29, 0.717) is 10.8 Å². The van der Waals surface area contributed by atoms with Crippen LogP contribution in [0.5, 0.6) is 10.8 Å². The number of carbonyl (C=O) groups is 1. The Labute approximate surface area is 157 Å². The summed E-state index contributed by atoms with van der Waals surface area (Å²) in [5.41, 5.74) is -0.202. The van der Waals surface area contributed by atoms with E-state index in [1.54, 1.807) is 12.1 Å². The van der Waals surface area contributed by atoms with E-state index in [1.807, 2.05) is 0 Å². The van der Waals surface area contributed by atoms with Crippen LogP contribution in [0.25, 0.3) is 0 Å². The lowest BCUT2D eigenvalue weighted by Crippen LogP contribution is -2.31. The lowest BCUT2D eigenvalue weighted by atomic mass is 10.2. The van der Waals surface area contributed by atoms with Crippen LogP contribution in [-0.4, -0.2) is 18.1 Å². The summed E-state index contributed by atoms with van der Waals surface area (Å²) in [4.78, 5) is 17.4. The Morgan fingerprint density at radius 2 is 2.07 bits per heavy atom. The number of hydrogen-bond donors (Lipinski definition) is 1. The summed E-state index contributed by atoms with van der Waals surface area (Å²) in [6, 6.07) is 10.9. The van der Waals surface area contributed by atoms with Gasteiger partial charge >= 0.3 is 6.03 Å². The number of benzene rings is 2. The summed E-state index contributed by atoms with van der Waals surface area (Å²) in [6.07, 6.45) is 1.38. The number of aromatic nitrogens is 1. The standard InChI is InChI=1S/C18H12F2N4O2S/c1-24(14-7-2-4-11(9-21)16(14)20)18(25)23-17-22-10-15(27-17)26-13-6-3-5-12(19)8-13/h2-8,10H,1H3,(H,22,23,25). The molecule has 0 unspecified atom stereocenters. The fraction of sp³-hybridized carbons (Fsp3) is 0.0556. The van der Waals surface area contributed by atoms with Crippen molar-refractivity contribution >= 4 is 28.2 Å². The second-order valence-electron chi connectivity index (χ2n) is 5.28. The van der Waals surface area contributed by atoms with Crippen LogP contribution in [-0.2, 0) is 0 Å². The highest BCUT2D eigenvalue weighted by atomic mass is 32.1. The summed E-state index contributed by atoms with van der Waals surface area (Å²) in [5.74, 6) is -0.926. The van der Waals surface area contributed by atoms with Gasteiger partial charge < -0.3 is 4.74 Å². The van der Waals surface area contributed by atoms with Crippen molar-refractivity contribution in [2.45, 2.75) is 0 Å². The molecular formula is C18H12F2N4O2S. The van der Waals surface area contributed by atoms with Gasteiger partial charge in [-0.1, -0.05) is 23.5 Å². The Balaban J connectivity index is 1.70. The van der Waals surface area contributed by atoms with Crippen molar-refractivity contribution in [2.75, 3.05) is 17.3 Å². The fourth-order valence-corrected chi connectivity index (χ4v) is 2.84. The van der Waals surface area contributed by atoms with Crippen LogP contribution in [0.15, 0.2) is 48.7 Å². The van der Waals surface area contributed by atoms with E-state index in [-0.39, 0.29) is 16.4 Å². The predicted molar refractivity (Wildman–Crippen MR) is 97.1 cm³/mol. The van der Waals surface area contributed by atoms with Crippen LogP contribution < -0.4 is 15.0 Å². The van der Waals surface area contributed by atoms with Gasteiger partial charge in [-0.3, -0.25) is 10.2 Å². The molecule has 1 aromatic heterocycles. The van der Waals surface area contributed by atoms with Gasteiger partial charge in [-0.05, 0) is 24.3 Å². The lowest BCUT2D eigenvalue weighted by Gasteiger charge is -2.18. The number of thiazole rings is 1. The first kappa shape index (κ1) is 18.3. The Hall–Kier alpha value is -3.51. The number of ether oxygens (including phenoxy) is 1. The smallest absolute Gasteiger partial charge is 0.327 e. The monoisotopic (exact) mass is 386 g/mol. The first-order chi connectivity index (χ1) is 13.0. The first-order valence-corrected chi connectivity index (χ1v) is 8.42. The van der Waals surface area contributed by atoms with Crippen molar-refractivity contribution in [3.05, 3.63) is 65.9 Å². The zero-order valence-corrected chi connectivity index (χ0v) is 14.8. The maximum atomic E-state index is 14.2. The van der Waals surface area contributed by atoms with E-state index in [4.69, 9.17) is 10.00 Å². The Morgan fingerprint density at radius 1 is 1.30 bits per heavy atom. The second kappa shape index (κ2) is 7.80. The van der Waals surface area contributed by atoms with Gasteiger partial charge in [-0.25, -0.2) is 18.6 Å². The number of urea groups is 1. The molecule has 0 bridgehead atoms. The third kappa shape index (κ3) is 4.19. The van der Waals surface area contributed by atoms with Gasteiger partial charge in [-0.15, -0.1) is 0 Å². The Kier molecular flexibility index (Phi) is 5.28. The number of anilines is 2. The van der Waals surface area contributed by atoms with E-state index in [1.165, 1.54) is 49.6 Å². The van der Waals surface area contributed by atoms with E-state index < -0.39 is 17.7 Å². The molecule has 2 aromatic carbocycles. The van der Waals surface area contributed by atoms with Crippen LogP contribution in [0.1, 0.15) is 5.56 Å². The highest BCUT2D eigenvalue weighted by Gasteiger charge is 2.18. The largest absolute Gasteiger partial charge is 0.445 e. The molecule has 0 aliphatic heterocycles. The van der Waals surface area contributed by atoms with Crippen molar-refractivity contribution < 1.29 is 18.3 Å². The molecule has 0 saturated carbocycles. The fourth-order valence-electron chi connectivity index (χ4n) is 2.16. The number of amides is 2. The number of nitrogens with zero attached hydrogens (tertiary/aromatic N) is 3. The highest BCUT2D eigenvalue weighted by molar-refractivity contribution is 7.17. The predicted octanol–water partition coefficient (Wildman–Crippen LogP) is 4.75. The second-order valence-corrected chi connectivity index (χ2v) is 6.28. The molecule has 0 radical (unpaired) electrons. The van der Waals surface area contributed by atoms with E-state index in [9.17, 15) is 13.6 Å². The maximum absolute atomic E-state index is 14.2. The topological polar surface area (TPSA) is 78.2 Å². The van der Waals surface area contributed by atoms with Crippen LogP contribution in [0, 0.1) is 23.0 Å². The number of nitrogens with one attached hydrogen (secondary N) is 1. The molecule has 0 saturated heterocycles. The maximum Gasteiger partial charge on any atom is 0.327 e. The third-order valence-corrected chi connectivity index (χ3v) is 4.27. The molecule has 3 aromatic rings. The summed E-state index contributed by atoms with van der Waals surface area (Å²) in [6.45, 7) is 0. The average Bonchev–Trinajstić information content (AvgIpc) is 3.08. The summed E-state index contributed by atoms with van der Waals surface area (Å²) < 4.78 is 32.8. The van der Waals surface area contributed by atoms with Crippen LogP contribution in [0.4, 0.5) is 24.4 Å². The van der Waals surface area contributed by atoms with E-state index in [2.05, 4.69) is 10.3 Å². The number of rotatable bonds is 4. The molecule has 0 aliphatic rings. The molecule has 1 heterocycles. The zero-order chi connectivity index (χ0) is 19.4. The summed E-state index contributed by atoms with van der Waals surface area (Å²) in [7, 11) is 1.37. The molecule has 136 valence electrons. The van der Waals surface area contributed by atoms with Crippen LogP contribution in [0.3, 0.4) is 0 Å². The lowest BCUT2D eigenvalue weighted by molar-refractivity contribution is 0.258. The highest BCUT2D eigenvalue weighted by Crippen LogP contribution is 2.31. The molecule has 6 nitrogen and oxygen atoms in total. The summed E-state index contributed by atoms with van der Waals surface area (Å²) >= 11 is 1.03. The molecule has 0 aliphatic carbocycles. The zero-order valence-electron chi connectivity index (χ0n) is 13.9. The SMILES string of the molecule is CN(C(=O)Nc1ncc(Oc2cccc(F)c2)s1)c1cccc(C#N)c1F. The van der Waals surface area contributed by atoms with Crippen molar-refractivity contribution in [1.82, 2.24) is 4.98 Å². The number of halogens is 2. The van der Waals surface area contributed by atoms with Gasteiger partial charge in [0.2, 0.25) is 5.06 Å². The van der Waals surface area contributed by atoms with E-state index >= 15 is 0 Å². The molecule has 0 spiro atoms. The quantitative estimate of drug-likeness (QED) is 0.702. The van der Waals surface area contributed by atoms with E-state index in [0.717, 1.165) is 16.2 Å². The van der Waals surface area contributed by atoms with Crippen molar-refractivity contribution in [3.63, 3.8) is 0 Å². The van der Waals surface area contributed by atoms with Gasteiger partial charge in [-0.2, -0.15) is 5.26 Å². The molecule has 27 heavy (non-hydrogen) atoms. The minimum Gasteiger partial charge on any atom is -0.445 e. The van der Waals surface area contributed by atoms with Crippen LogP contribution in [0.2, 0.25) is 0 Å². The van der Waals surface area contributed by atoms with Gasteiger partial charge in [0.25, 0.3) is 0 Å². The van der Waals surface area contributed by atoms with Crippen molar-refractivity contribution in [1.29, 1.82) is 5.26 Å². The minimum absolute atomic E-state index is 0.0423. The van der Waals surface area contributed by atoms with Crippen LogP contribution >= 0.6 is 11.3 Å². The summed E-state index contributed by atoms with van der Waals surface area (Å²) in [5, 5.41) is 12.0. The molecule has 1 N–H and O–H groups in total. The van der Waals surface area contributed by atoms with Crippen molar-refractivity contribution in [3.8, 4) is 16.9 Å².